The van der Waals surface area contributed by atoms with Crippen molar-refractivity contribution in [2.75, 3.05) is 32.7 Å². The van der Waals surface area contributed by atoms with Gasteiger partial charge in [0.2, 0.25) is 0 Å². The number of nitrogens with one attached hydrogen (secondary N) is 1. The molecule has 1 aliphatic heterocycles. The van der Waals surface area contributed by atoms with E-state index >= 15 is 0 Å². The van der Waals surface area contributed by atoms with Gasteiger partial charge in [0.05, 0.1) is 0 Å². The van der Waals surface area contributed by atoms with Gasteiger partial charge in [-0.1, -0.05) is 27.7 Å². The van der Waals surface area contributed by atoms with Crippen molar-refractivity contribution >= 4 is 0 Å². The summed E-state index contributed by atoms with van der Waals surface area (Å²) in [7, 11) is 0. The standard InChI is InChI=1S/C14H30N2/c1-13(2)6-5-8-15-9-11-16-10-7-14(3,4)12-16/h13,15H,5-12H2,1-4H3. The van der Waals surface area contributed by atoms with Gasteiger partial charge < -0.3 is 10.2 Å². The average Bonchev–Trinajstić information content (AvgIpc) is 2.51. The Labute approximate surface area is 102 Å². The predicted octanol–water partition coefficient (Wildman–Crippen LogP) is 2.74. The molecular formula is C14H30N2. The Kier molecular flexibility index (Phi) is 5.77. The molecular weight excluding hydrogens is 196 g/mol. The Balaban J connectivity index is 1.92. The summed E-state index contributed by atoms with van der Waals surface area (Å²) in [5.74, 6) is 0.848. The van der Waals surface area contributed by atoms with E-state index in [1.54, 1.807) is 0 Å². The van der Waals surface area contributed by atoms with Gasteiger partial charge in [-0.3, -0.25) is 0 Å². The maximum absolute atomic E-state index is 3.55. The molecule has 0 bridgehead atoms. The van der Waals surface area contributed by atoms with Crippen LogP contribution in [0.4, 0.5) is 0 Å². The Morgan fingerprint density at radius 2 is 2.00 bits per heavy atom. The van der Waals surface area contributed by atoms with Gasteiger partial charge in [0.15, 0.2) is 0 Å². The summed E-state index contributed by atoms with van der Waals surface area (Å²) >= 11 is 0. The highest BCUT2D eigenvalue weighted by atomic mass is 15.2. The fourth-order valence-electron chi connectivity index (χ4n) is 2.41. The van der Waals surface area contributed by atoms with Crippen LogP contribution in [0.3, 0.4) is 0 Å². The summed E-state index contributed by atoms with van der Waals surface area (Å²) in [6.45, 7) is 15.5. The second kappa shape index (κ2) is 6.61. The first kappa shape index (κ1) is 14.0. The van der Waals surface area contributed by atoms with Crippen molar-refractivity contribution in [1.29, 1.82) is 0 Å². The van der Waals surface area contributed by atoms with Gasteiger partial charge in [0.1, 0.15) is 0 Å². The first-order chi connectivity index (χ1) is 7.49. The molecule has 2 heteroatoms. The van der Waals surface area contributed by atoms with Crippen LogP contribution < -0.4 is 5.32 Å². The molecule has 0 unspecified atom stereocenters. The highest BCUT2D eigenvalue weighted by molar-refractivity contribution is 4.82. The van der Waals surface area contributed by atoms with Crippen LogP contribution in [0.2, 0.25) is 0 Å². The largest absolute Gasteiger partial charge is 0.315 e. The summed E-state index contributed by atoms with van der Waals surface area (Å²) < 4.78 is 0. The molecule has 1 N–H and O–H groups in total. The van der Waals surface area contributed by atoms with E-state index in [-0.39, 0.29) is 0 Å². The quantitative estimate of drug-likeness (QED) is 0.672. The van der Waals surface area contributed by atoms with Gasteiger partial charge in [0, 0.05) is 19.6 Å². The minimum absolute atomic E-state index is 0.553. The summed E-state index contributed by atoms with van der Waals surface area (Å²) in [5.41, 5.74) is 0.553. The summed E-state index contributed by atoms with van der Waals surface area (Å²) in [6.07, 6.45) is 4.03. The molecule has 96 valence electrons. The van der Waals surface area contributed by atoms with Crippen LogP contribution in [0, 0.1) is 11.3 Å². The number of hydrogen-bond acceptors (Lipinski definition) is 2. The maximum atomic E-state index is 3.55. The second-order valence-electron chi connectivity index (χ2n) is 6.48. The summed E-state index contributed by atoms with van der Waals surface area (Å²) in [4.78, 5) is 2.59. The third-order valence-electron chi connectivity index (χ3n) is 3.50. The topological polar surface area (TPSA) is 15.3 Å². The molecule has 0 atom stereocenters. The zero-order valence-corrected chi connectivity index (χ0v) is 11.7. The van der Waals surface area contributed by atoms with Crippen molar-refractivity contribution in [3.05, 3.63) is 0 Å². The molecule has 0 aromatic heterocycles. The van der Waals surface area contributed by atoms with Gasteiger partial charge in [-0.2, -0.15) is 0 Å². The van der Waals surface area contributed by atoms with E-state index in [0.717, 1.165) is 12.5 Å². The van der Waals surface area contributed by atoms with Crippen LogP contribution in [0.25, 0.3) is 0 Å². The number of nitrogens with zero attached hydrogens (tertiary/aromatic N) is 1. The van der Waals surface area contributed by atoms with Crippen LogP contribution >= 0.6 is 0 Å². The Morgan fingerprint density at radius 1 is 1.25 bits per heavy atom. The molecule has 16 heavy (non-hydrogen) atoms. The molecule has 1 rings (SSSR count). The fraction of sp³-hybridized carbons (Fsp3) is 1.00. The van der Waals surface area contributed by atoms with E-state index < -0.39 is 0 Å². The lowest BCUT2D eigenvalue weighted by Gasteiger charge is -2.19. The Hall–Kier alpha value is -0.0800. The lowest BCUT2D eigenvalue weighted by molar-refractivity contribution is 0.290. The molecule has 0 saturated carbocycles. The van der Waals surface area contributed by atoms with Crippen molar-refractivity contribution in [2.24, 2.45) is 11.3 Å². The van der Waals surface area contributed by atoms with Gasteiger partial charge >= 0.3 is 0 Å². The number of hydrogen-bond donors (Lipinski definition) is 1. The minimum atomic E-state index is 0.553. The van der Waals surface area contributed by atoms with E-state index in [0.29, 0.717) is 5.41 Å². The fourth-order valence-corrected chi connectivity index (χ4v) is 2.41. The van der Waals surface area contributed by atoms with Gasteiger partial charge in [0.25, 0.3) is 0 Å². The van der Waals surface area contributed by atoms with Crippen molar-refractivity contribution in [1.82, 2.24) is 10.2 Å². The van der Waals surface area contributed by atoms with Gasteiger partial charge in [-0.05, 0) is 43.7 Å². The maximum Gasteiger partial charge on any atom is 0.0107 e. The summed E-state index contributed by atoms with van der Waals surface area (Å²) in [6, 6.07) is 0. The van der Waals surface area contributed by atoms with Crippen LogP contribution in [-0.4, -0.2) is 37.6 Å². The van der Waals surface area contributed by atoms with E-state index in [4.69, 9.17) is 0 Å². The van der Waals surface area contributed by atoms with Gasteiger partial charge in [-0.15, -0.1) is 0 Å². The SMILES string of the molecule is CC(C)CCCNCCN1CCC(C)(C)C1. The zero-order valence-electron chi connectivity index (χ0n) is 11.7. The molecule has 0 amide bonds. The predicted molar refractivity (Wildman–Crippen MR) is 71.8 cm³/mol. The van der Waals surface area contributed by atoms with Crippen LogP contribution in [-0.2, 0) is 0 Å². The molecule has 1 aliphatic rings. The third kappa shape index (κ3) is 5.86. The molecule has 2 nitrogen and oxygen atoms in total. The normalized spacial score (nSPS) is 20.8. The molecule has 1 fully saturated rings. The lowest BCUT2D eigenvalue weighted by Crippen LogP contribution is -2.32. The highest BCUT2D eigenvalue weighted by Crippen LogP contribution is 2.28. The number of likely N-dealkylation sites (tertiary alicyclic amines) is 1. The third-order valence-corrected chi connectivity index (χ3v) is 3.50. The van der Waals surface area contributed by atoms with E-state index in [1.807, 2.05) is 0 Å². The van der Waals surface area contributed by atoms with E-state index in [1.165, 1.54) is 45.4 Å². The van der Waals surface area contributed by atoms with Crippen molar-refractivity contribution < 1.29 is 0 Å². The zero-order chi connectivity index (χ0) is 12.0. The molecule has 0 aromatic rings. The number of rotatable bonds is 7. The van der Waals surface area contributed by atoms with Crippen LogP contribution in [0.15, 0.2) is 0 Å². The average molecular weight is 226 g/mol. The summed E-state index contributed by atoms with van der Waals surface area (Å²) in [5, 5.41) is 3.55. The Bertz CT molecular complexity index is 187. The second-order valence-corrected chi connectivity index (χ2v) is 6.48. The van der Waals surface area contributed by atoms with Crippen molar-refractivity contribution in [3.8, 4) is 0 Å². The molecule has 0 radical (unpaired) electrons. The monoisotopic (exact) mass is 226 g/mol. The molecule has 1 heterocycles. The van der Waals surface area contributed by atoms with E-state index in [2.05, 4.69) is 37.9 Å². The highest BCUT2D eigenvalue weighted by Gasteiger charge is 2.28. The van der Waals surface area contributed by atoms with Crippen molar-refractivity contribution in [3.63, 3.8) is 0 Å². The lowest BCUT2D eigenvalue weighted by atomic mass is 9.93. The Morgan fingerprint density at radius 3 is 2.56 bits per heavy atom. The van der Waals surface area contributed by atoms with E-state index in [9.17, 15) is 0 Å². The first-order valence-corrected chi connectivity index (χ1v) is 6.93. The molecule has 0 aromatic carbocycles. The van der Waals surface area contributed by atoms with Crippen LogP contribution in [0.1, 0.15) is 47.0 Å². The minimum Gasteiger partial charge on any atom is -0.315 e. The molecule has 0 spiro atoms. The van der Waals surface area contributed by atoms with Crippen LogP contribution in [0.5, 0.6) is 0 Å². The first-order valence-electron chi connectivity index (χ1n) is 6.93. The smallest absolute Gasteiger partial charge is 0.0107 e. The van der Waals surface area contributed by atoms with Gasteiger partial charge in [-0.25, -0.2) is 0 Å². The molecule has 0 aliphatic carbocycles. The molecule has 1 saturated heterocycles. The van der Waals surface area contributed by atoms with Crippen molar-refractivity contribution in [2.45, 2.75) is 47.0 Å².